The molecule has 0 aliphatic heterocycles. The minimum absolute atomic E-state index is 0.122. The summed E-state index contributed by atoms with van der Waals surface area (Å²) in [5, 5.41) is 4.74. The molecular weight excluding hydrogens is 428 g/mol. The van der Waals surface area contributed by atoms with Crippen molar-refractivity contribution in [3.8, 4) is 17.2 Å². The summed E-state index contributed by atoms with van der Waals surface area (Å²) in [7, 11) is 1.61. The summed E-state index contributed by atoms with van der Waals surface area (Å²) < 4.78 is 16.8. The quantitative estimate of drug-likeness (QED) is 0.363. The Hall–Kier alpha value is -3.51. The number of carbonyl (C=O) groups is 1. The van der Waals surface area contributed by atoms with Crippen LogP contribution in [0.15, 0.2) is 65.8 Å². The standard InChI is InChI=1S/C25H25ClN2O4/c1-17-11-22(12-18(2)25(17)26)31-15-20-13-19(9-10-23(20)30-3)14-27-28-24(29)16-32-21-7-5-4-6-8-21/h4-14H,15-16H2,1-3H3,(H,28,29)/b27-14-. The Kier molecular flexibility index (Phi) is 8.11. The van der Waals surface area contributed by atoms with Crippen molar-refractivity contribution < 1.29 is 19.0 Å². The minimum atomic E-state index is -0.351. The molecule has 3 aromatic rings. The summed E-state index contributed by atoms with van der Waals surface area (Å²) in [6.07, 6.45) is 1.56. The van der Waals surface area contributed by atoms with Gasteiger partial charge >= 0.3 is 0 Å². The van der Waals surface area contributed by atoms with Gasteiger partial charge in [0.25, 0.3) is 5.91 Å². The number of halogens is 1. The summed E-state index contributed by atoms with van der Waals surface area (Å²) in [6, 6.07) is 18.5. The normalized spacial score (nSPS) is 10.8. The van der Waals surface area contributed by atoms with Crippen molar-refractivity contribution in [3.63, 3.8) is 0 Å². The van der Waals surface area contributed by atoms with Crippen LogP contribution in [0.3, 0.4) is 0 Å². The highest BCUT2D eigenvalue weighted by molar-refractivity contribution is 6.32. The van der Waals surface area contributed by atoms with Crippen LogP contribution in [0, 0.1) is 13.8 Å². The molecule has 32 heavy (non-hydrogen) atoms. The van der Waals surface area contributed by atoms with Gasteiger partial charge in [-0.25, -0.2) is 5.43 Å². The number of methoxy groups -OCH3 is 1. The van der Waals surface area contributed by atoms with E-state index in [-0.39, 0.29) is 12.5 Å². The zero-order chi connectivity index (χ0) is 22.9. The highest BCUT2D eigenvalue weighted by Gasteiger charge is 2.08. The van der Waals surface area contributed by atoms with Gasteiger partial charge in [0, 0.05) is 10.6 Å². The molecule has 0 saturated carbocycles. The molecule has 0 fully saturated rings. The zero-order valence-corrected chi connectivity index (χ0v) is 19.0. The van der Waals surface area contributed by atoms with Gasteiger partial charge in [-0.15, -0.1) is 0 Å². The molecule has 0 saturated heterocycles. The number of aryl methyl sites for hydroxylation is 2. The molecule has 0 heterocycles. The van der Waals surface area contributed by atoms with Crippen LogP contribution in [0.4, 0.5) is 0 Å². The van der Waals surface area contributed by atoms with Gasteiger partial charge < -0.3 is 14.2 Å². The number of nitrogens with one attached hydrogen (secondary N) is 1. The van der Waals surface area contributed by atoms with Crippen LogP contribution in [-0.4, -0.2) is 25.8 Å². The van der Waals surface area contributed by atoms with Crippen molar-refractivity contribution in [1.82, 2.24) is 5.43 Å². The van der Waals surface area contributed by atoms with Crippen molar-refractivity contribution in [2.75, 3.05) is 13.7 Å². The number of hydrazone groups is 1. The number of amides is 1. The Balaban J connectivity index is 1.59. The first-order valence-electron chi connectivity index (χ1n) is 10.0. The van der Waals surface area contributed by atoms with Crippen molar-refractivity contribution >= 4 is 23.7 Å². The Morgan fingerprint density at radius 2 is 1.72 bits per heavy atom. The van der Waals surface area contributed by atoms with Gasteiger partial charge in [-0.2, -0.15) is 5.10 Å². The lowest BCUT2D eigenvalue weighted by molar-refractivity contribution is -0.123. The zero-order valence-electron chi connectivity index (χ0n) is 18.2. The van der Waals surface area contributed by atoms with Crippen LogP contribution in [0.1, 0.15) is 22.3 Å². The predicted molar refractivity (Wildman–Crippen MR) is 126 cm³/mol. The van der Waals surface area contributed by atoms with E-state index in [9.17, 15) is 4.79 Å². The molecular formula is C25H25ClN2O4. The Labute approximate surface area is 192 Å². The van der Waals surface area contributed by atoms with Gasteiger partial charge in [0.05, 0.1) is 13.3 Å². The second kappa shape index (κ2) is 11.2. The fourth-order valence-electron chi connectivity index (χ4n) is 3.02. The highest BCUT2D eigenvalue weighted by atomic mass is 35.5. The Morgan fingerprint density at radius 3 is 2.41 bits per heavy atom. The fraction of sp³-hybridized carbons (Fsp3) is 0.200. The molecule has 166 valence electrons. The third-order valence-electron chi connectivity index (χ3n) is 4.62. The summed E-state index contributed by atoms with van der Waals surface area (Å²) in [6.45, 7) is 4.07. The van der Waals surface area contributed by atoms with Gasteiger partial charge in [-0.3, -0.25) is 4.79 Å². The average Bonchev–Trinajstić information content (AvgIpc) is 2.80. The minimum Gasteiger partial charge on any atom is -0.496 e. The molecule has 0 radical (unpaired) electrons. The van der Waals surface area contributed by atoms with Gasteiger partial charge in [0.15, 0.2) is 6.61 Å². The molecule has 0 aromatic heterocycles. The van der Waals surface area contributed by atoms with E-state index < -0.39 is 0 Å². The van der Waals surface area contributed by atoms with Gasteiger partial charge in [-0.05, 0) is 73.0 Å². The first kappa shape index (κ1) is 23.2. The lowest BCUT2D eigenvalue weighted by Gasteiger charge is -2.13. The average molecular weight is 453 g/mol. The van der Waals surface area contributed by atoms with Crippen LogP contribution >= 0.6 is 11.6 Å². The number of ether oxygens (including phenoxy) is 3. The molecule has 0 unspecified atom stereocenters. The monoisotopic (exact) mass is 452 g/mol. The van der Waals surface area contributed by atoms with Crippen molar-refractivity contribution in [2.24, 2.45) is 5.10 Å². The van der Waals surface area contributed by atoms with Crippen molar-refractivity contribution in [1.29, 1.82) is 0 Å². The van der Waals surface area contributed by atoms with Gasteiger partial charge in [-0.1, -0.05) is 29.8 Å². The summed E-state index contributed by atoms with van der Waals surface area (Å²) in [4.78, 5) is 11.9. The number of hydrogen-bond donors (Lipinski definition) is 1. The summed E-state index contributed by atoms with van der Waals surface area (Å²) >= 11 is 6.23. The molecule has 6 nitrogen and oxygen atoms in total. The third kappa shape index (κ3) is 6.49. The first-order chi connectivity index (χ1) is 15.5. The van der Waals surface area contributed by atoms with E-state index in [0.717, 1.165) is 33.0 Å². The second-order valence-electron chi connectivity index (χ2n) is 7.13. The molecule has 1 N–H and O–H groups in total. The van der Waals surface area contributed by atoms with E-state index in [1.165, 1.54) is 0 Å². The van der Waals surface area contributed by atoms with E-state index in [2.05, 4.69) is 10.5 Å². The molecule has 0 aliphatic rings. The Bertz CT molecular complexity index is 1080. The summed E-state index contributed by atoms with van der Waals surface area (Å²) in [5.74, 6) is 1.70. The maximum absolute atomic E-state index is 11.9. The molecule has 3 aromatic carbocycles. The number of benzene rings is 3. The van der Waals surface area contributed by atoms with Crippen LogP contribution in [-0.2, 0) is 11.4 Å². The fourth-order valence-corrected chi connectivity index (χ4v) is 3.13. The lowest BCUT2D eigenvalue weighted by Crippen LogP contribution is -2.24. The van der Waals surface area contributed by atoms with Gasteiger partial charge in [0.1, 0.15) is 23.9 Å². The largest absolute Gasteiger partial charge is 0.496 e. The van der Waals surface area contributed by atoms with Crippen LogP contribution in [0.2, 0.25) is 5.02 Å². The SMILES string of the molecule is COc1ccc(/C=N\NC(=O)COc2ccccc2)cc1COc1cc(C)c(Cl)c(C)c1. The maximum atomic E-state index is 11.9. The lowest BCUT2D eigenvalue weighted by atomic mass is 10.1. The van der Waals surface area contributed by atoms with Crippen molar-refractivity contribution in [3.05, 3.63) is 87.9 Å². The molecule has 0 bridgehead atoms. The molecule has 3 rings (SSSR count). The predicted octanol–water partition coefficient (Wildman–Crippen LogP) is 5.07. The van der Waals surface area contributed by atoms with Gasteiger partial charge in [0.2, 0.25) is 0 Å². The van der Waals surface area contributed by atoms with E-state index in [4.69, 9.17) is 25.8 Å². The van der Waals surface area contributed by atoms with Crippen molar-refractivity contribution in [2.45, 2.75) is 20.5 Å². The maximum Gasteiger partial charge on any atom is 0.277 e. The number of rotatable bonds is 9. The summed E-state index contributed by atoms with van der Waals surface area (Å²) in [5.41, 5.74) is 6.01. The Morgan fingerprint density at radius 1 is 1.00 bits per heavy atom. The number of hydrogen-bond acceptors (Lipinski definition) is 5. The van der Waals surface area contributed by atoms with Crippen LogP contribution in [0.5, 0.6) is 17.2 Å². The second-order valence-corrected chi connectivity index (χ2v) is 7.50. The van der Waals surface area contributed by atoms with Crippen LogP contribution in [0.25, 0.3) is 0 Å². The smallest absolute Gasteiger partial charge is 0.277 e. The van der Waals surface area contributed by atoms with E-state index in [0.29, 0.717) is 18.1 Å². The topological polar surface area (TPSA) is 69.2 Å². The van der Waals surface area contributed by atoms with E-state index >= 15 is 0 Å². The van der Waals surface area contributed by atoms with E-state index in [1.807, 2.05) is 62.4 Å². The highest BCUT2D eigenvalue weighted by Crippen LogP contribution is 2.27. The molecule has 1 amide bonds. The first-order valence-corrected chi connectivity index (χ1v) is 10.4. The van der Waals surface area contributed by atoms with Crippen LogP contribution < -0.4 is 19.6 Å². The molecule has 7 heteroatoms. The molecule has 0 atom stereocenters. The van der Waals surface area contributed by atoms with E-state index in [1.54, 1.807) is 25.5 Å². The third-order valence-corrected chi connectivity index (χ3v) is 5.22. The molecule has 0 aliphatic carbocycles. The molecule has 0 spiro atoms. The number of para-hydroxylation sites is 1. The number of nitrogens with zero attached hydrogens (tertiary/aromatic N) is 1. The number of carbonyl (C=O) groups excluding carboxylic acids is 1.